The average molecular weight is 347 g/mol. The molecule has 0 aliphatic carbocycles. The summed E-state index contributed by atoms with van der Waals surface area (Å²) in [5.74, 6) is 0.335. The molecule has 5 nitrogen and oxygen atoms in total. The minimum atomic E-state index is -0.258. The van der Waals surface area contributed by atoms with Gasteiger partial charge in [-0.1, -0.05) is 43.8 Å². The second kappa shape index (κ2) is 7.83. The van der Waals surface area contributed by atoms with Gasteiger partial charge >= 0.3 is 0 Å². The van der Waals surface area contributed by atoms with Crippen molar-refractivity contribution in [3.8, 4) is 0 Å². The van der Waals surface area contributed by atoms with E-state index >= 15 is 0 Å². The lowest BCUT2D eigenvalue weighted by atomic mass is 9.98. The van der Waals surface area contributed by atoms with Gasteiger partial charge in [0.2, 0.25) is 5.91 Å². The molecule has 0 saturated heterocycles. The summed E-state index contributed by atoms with van der Waals surface area (Å²) < 4.78 is 1.97. The van der Waals surface area contributed by atoms with Gasteiger partial charge in [-0.05, 0) is 44.7 Å². The lowest BCUT2D eigenvalue weighted by Gasteiger charge is -2.19. The molecule has 130 valence electrons. The largest absolute Gasteiger partial charge is 0.325 e. The number of rotatable bonds is 6. The van der Waals surface area contributed by atoms with E-state index < -0.39 is 0 Å². The van der Waals surface area contributed by atoms with Gasteiger partial charge < -0.3 is 9.88 Å². The maximum atomic E-state index is 12.7. The Bertz CT molecular complexity index is 709. The van der Waals surface area contributed by atoms with Crippen LogP contribution < -0.4 is 5.32 Å². The summed E-state index contributed by atoms with van der Waals surface area (Å²) in [7, 11) is 0. The molecular formula is C18H26N4OS. The smallest absolute Gasteiger partial charge is 0.237 e. The fraction of sp³-hybridized carbons (Fsp3) is 0.500. The van der Waals surface area contributed by atoms with Gasteiger partial charge in [-0.3, -0.25) is 4.79 Å². The van der Waals surface area contributed by atoms with Gasteiger partial charge in [0.15, 0.2) is 5.16 Å². The van der Waals surface area contributed by atoms with Crippen molar-refractivity contribution in [1.82, 2.24) is 14.8 Å². The van der Waals surface area contributed by atoms with E-state index in [2.05, 4.69) is 49.3 Å². The van der Waals surface area contributed by atoms with Crippen molar-refractivity contribution in [3.05, 3.63) is 35.7 Å². The molecule has 1 N–H and O–H groups in total. The minimum Gasteiger partial charge on any atom is -0.325 e. The molecule has 2 aromatic rings. The standard InChI is InChI=1S/C18H26N4OS/c1-11(2)15-9-7-8-13(5)16(15)20-17(23)14(6)24-18-21-19-10-22(18)12(3)4/h7-12,14H,1-6H3,(H,20,23). The van der Waals surface area contributed by atoms with Crippen LogP contribution >= 0.6 is 11.8 Å². The Labute approximate surface area is 148 Å². The Hall–Kier alpha value is -1.82. The highest BCUT2D eigenvalue weighted by Gasteiger charge is 2.20. The molecule has 0 radical (unpaired) electrons. The highest BCUT2D eigenvalue weighted by atomic mass is 32.2. The van der Waals surface area contributed by atoms with E-state index in [4.69, 9.17) is 0 Å². The number of benzene rings is 1. The third-order valence-electron chi connectivity index (χ3n) is 3.92. The summed E-state index contributed by atoms with van der Waals surface area (Å²) in [5.41, 5.74) is 3.17. The Kier molecular flexibility index (Phi) is 6.04. The monoisotopic (exact) mass is 346 g/mol. The SMILES string of the molecule is Cc1cccc(C(C)C)c1NC(=O)C(C)Sc1nncn1C(C)C. The molecule has 1 aromatic carbocycles. The predicted octanol–water partition coefficient (Wildman–Crippen LogP) is 4.41. The topological polar surface area (TPSA) is 59.8 Å². The molecule has 0 fully saturated rings. The number of aryl methyl sites for hydroxylation is 1. The highest BCUT2D eigenvalue weighted by molar-refractivity contribution is 8.00. The second-order valence-electron chi connectivity index (χ2n) is 6.56. The third-order valence-corrected chi connectivity index (χ3v) is 4.99. The van der Waals surface area contributed by atoms with Gasteiger partial charge in [-0.2, -0.15) is 0 Å². The zero-order valence-electron chi connectivity index (χ0n) is 15.2. The summed E-state index contributed by atoms with van der Waals surface area (Å²) in [4.78, 5) is 12.7. The summed E-state index contributed by atoms with van der Waals surface area (Å²) in [6.07, 6.45) is 1.70. The first-order valence-electron chi connectivity index (χ1n) is 8.27. The molecule has 6 heteroatoms. The molecule has 0 spiro atoms. The van der Waals surface area contributed by atoms with Crippen molar-refractivity contribution in [1.29, 1.82) is 0 Å². The van der Waals surface area contributed by atoms with E-state index in [9.17, 15) is 4.79 Å². The Morgan fingerprint density at radius 3 is 2.54 bits per heavy atom. The van der Waals surface area contributed by atoms with Crippen molar-refractivity contribution >= 4 is 23.4 Å². The first kappa shape index (κ1) is 18.5. The molecule has 2 rings (SSSR count). The first-order chi connectivity index (χ1) is 11.3. The van der Waals surface area contributed by atoms with Gasteiger partial charge in [-0.15, -0.1) is 10.2 Å². The molecule has 24 heavy (non-hydrogen) atoms. The van der Waals surface area contributed by atoms with Gasteiger partial charge in [0.1, 0.15) is 6.33 Å². The molecule has 0 bridgehead atoms. The van der Waals surface area contributed by atoms with Crippen molar-refractivity contribution < 1.29 is 4.79 Å². The van der Waals surface area contributed by atoms with Crippen LogP contribution in [0.2, 0.25) is 0 Å². The third kappa shape index (κ3) is 4.17. The Morgan fingerprint density at radius 2 is 1.92 bits per heavy atom. The normalized spacial score (nSPS) is 12.7. The maximum absolute atomic E-state index is 12.7. The number of nitrogens with one attached hydrogen (secondary N) is 1. The molecule has 1 amide bonds. The van der Waals surface area contributed by atoms with E-state index in [1.165, 1.54) is 11.8 Å². The number of aromatic nitrogens is 3. The second-order valence-corrected chi connectivity index (χ2v) is 7.87. The van der Waals surface area contributed by atoms with Crippen LogP contribution in [0.5, 0.6) is 0 Å². The van der Waals surface area contributed by atoms with Crippen LogP contribution in [0.25, 0.3) is 0 Å². The van der Waals surface area contributed by atoms with E-state index in [1.807, 2.05) is 30.5 Å². The number of carbonyl (C=O) groups is 1. The molecule has 1 unspecified atom stereocenters. The lowest BCUT2D eigenvalue weighted by molar-refractivity contribution is -0.115. The number of thioether (sulfide) groups is 1. The molecule has 0 aliphatic rings. The summed E-state index contributed by atoms with van der Waals surface area (Å²) >= 11 is 1.43. The Morgan fingerprint density at radius 1 is 1.21 bits per heavy atom. The maximum Gasteiger partial charge on any atom is 0.237 e. The number of hydrogen-bond acceptors (Lipinski definition) is 4. The zero-order chi connectivity index (χ0) is 17.9. The average Bonchev–Trinajstić information content (AvgIpc) is 2.97. The molecular weight excluding hydrogens is 320 g/mol. The zero-order valence-corrected chi connectivity index (χ0v) is 16.0. The predicted molar refractivity (Wildman–Crippen MR) is 99.6 cm³/mol. The molecule has 0 saturated carbocycles. The number of anilines is 1. The van der Waals surface area contributed by atoms with Gasteiger partial charge in [0, 0.05) is 11.7 Å². The van der Waals surface area contributed by atoms with E-state index in [1.54, 1.807) is 6.33 Å². The van der Waals surface area contributed by atoms with Crippen molar-refractivity contribution in [2.75, 3.05) is 5.32 Å². The van der Waals surface area contributed by atoms with Gasteiger partial charge in [0.05, 0.1) is 5.25 Å². The van der Waals surface area contributed by atoms with Crippen LogP contribution in [0.15, 0.2) is 29.7 Å². The van der Waals surface area contributed by atoms with Crippen LogP contribution in [-0.2, 0) is 4.79 Å². The van der Waals surface area contributed by atoms with Crippen LogP contribution in [0.4, 0.5) is 5.69 Å². The van der Waals surface area contributed by atoms with Crippen LogP contribution in [0.3, 0.4) is 0 Å². The Balaban J connectivity index is 2.14. The fourth-order valence-corrected chi connectivity index (χ4v) is 3.41. The number of amides is 1. The molecule has 0 aliphatic heterocycles. The van der Waals surface area contributed by atoms with E-state index in [0.717, 1.165) is 22.0 Å². The molecule has 1 aromatic heterocycles. The van der Waals surface area contributed by atoms with Gasteiger partial charge in [0.25, 0.3) is 0 Å². The van der Waals surface area contributed by atoms with Crippen molar-refractivity contribution in [3.63, 3.8) is 0 Å². The summed E-state index contributed by atoms with van der Waals surface area (Å²) in [5, 5.41) is 11.7. The van der Waals surface area contributed by atoms with Crippen LogP contribution in [-0.4, -0.2) is 25.9 Å². The number of nitrogens with zero attached hydrogens (tertiary/aromatic N) is 3. The van der Waals surface area contributed by atoms with Crippen LogP contribution in [0.1, 0.15) is 57.7 Å². The molecule has 1 atom stereocenters. The van der Waals surface area contributed by atoms with E-state index in [0.29, 0.717) is 5.92 Å². The quantitative estimate of drug-likeness (QED) is 0.787. The first-order valence-corrected chi connectivity index (χ1v) is 9.15. The highest BCUT2D eigenvalue weighted by Crippen LogP contribution is 2.29. The lowest BCUT2D eigenvalue weighted by Crippen LogP contribution is -2.24. The number of carbonyl (C=O) groups excluding carboxylic acids is 1. The van der Waals surface area contributed by atoms with Crippen molar-refractivity contribution in [2.45, 2.75) is 63.9 Å². The van der Waals surface area contributed by atoms with Crippen molar-refractivity contribution in [2.24, 2.45) is 0 Å². The van der Waals surface area contributed by atoms with E-state index in [-0.39, 0.29) is 17.2 Å². The minimum absolute atomic E-state index is 0.0190. The number of para-hydroxylation sites is 1. The fourth-order valence-electron chi connectivity index (χ4n) is 2.45. The summed E-state index contributed by atoms with van der Waals surface area (Å²) in [6.45, 7) is 12.3. The molecule has 1 heterocycles. The summed E-state index contributed by atoms with van der Waals surface area (Å²) in [6, 6.07) is 6.39. The van der Waals surface area contributed by atoms with Gasteiger partial charge in [-0.25, -0.2) is 0 Å². The van der Waals surface area contributed by atoms with Crippen LogP contribution in [0, 0.1) is 6.92 Å². The number of hydrogen-bond donors (Lipinski definition) is 1.